The van der Waals surface area contributed by atoms with Crippen molar-refractivity contribution in [1.82, 2.24) is 0 Å². The lowest BCUT2D eigenvalue weighted by atomic mass is 9.89. The first-order valence-electron chi connectivity index (χ1n) is 6.70. The Hall–Kier alpha value is -1.91. The van der Waals surface area contributed by atoms with Gasteiger partial charge in [0.25, 0.3) is 0 Å². The van der Waals surface area contributed by atoms with E-state index in [9.17, 15) is 0 Å². The van der Waals surface area contributed by atoms with Gasteiger partial charge < -0.3 is 0 Å². The topological polar surface area (TPSA) is 48.8 Å². The average Bonchev–Trinajstić information content (AvgIpc) is 2.38. The van der Waals surface area contributed by atoms with E-state index in [2.05, 4.69) is 67.8 Å². The Labute approximate surface area is 115 Å². The van der Waals surface area contributed by atoms with Gasteiger partial charge in [-0.1, -0.05) is 62.8 Å². The van der Waals surface area contributed by atoms with E-state index in [1.807, 2.05) is 0 Å². The van der Waals surface area contributed by atoms with Gasteiger partial charge in [-0.3, -0.25) is 0 Å². The van der Waals surface area contributed by atoms with Crippen molar-refractivity contribution in [2.24, 2.45) is 5.11 Å². The Kier molecular flexibility index (Phi) is 5.99. The summed E-state index contributed by atoms with van der Waals surface area (Å²) >= 11 is 0. The average molecular weight is 255 g/mol. The fourth-order valence-corrected chi connectivity index (χ4v) is 2.00. The van der Waals surface area contributed by atoms with Crippen LogP contribution in [0.1, 0.15) is 62.6 Å². The minimum Gasteiger partial charge on any atom is -0.0977 e. The van der Waals surface area contributed by atoms with Crippen molar-refractivity contribution in [2.75, 3.05) is 6.54 Å². The summed E-state index contributed by atoms with van der Waals surface area (Å²) in [5.41, 5.74) is 12.0. The molecule has 0 heterocycles. The molecule has 100 valence electrons. The maximum absolute atomic E-state index is 8.23. The van der Waals surface area contributed by atoms with Gasteiger partial charge in [0, 0.05) is 23.4 Å². The highest BCUT2D eigenvalue weighted by Gasteiger charge is 2.11. The van der Waals surface area contributed by atoms with Crippen LogP contribution in [-0.2, 0) is 0 Å². The molecule has 0 N–H and O–H groups in total. The molecule has 1 aromatic carbocycles. The number of rotatable bonds is 4. The van der Waals surface area contributed by atoms with Crippen LogP contribution in [0.15, 0.2) is 23.3 Å². The van der Waals surface area contributed by atoms with Crippen LogP contribution in [0.3, 0.4) is 0 Å². The molecule has 0 saturated heterocycles. The molecule has 3 heteroatoms. The number of nitrogens with zero attached hydrogens (tertiary/aromatic N) is 3. The zero-order valence-corrected chi connectivity index (χ0v) is 12.1. The molecule has 0 amide bonds. The summed E-state index contributed by atoms with van der Waals surface area (Å²) in [5, 5.41) is 3.50. The Morgan fingerprint density at radius 3 is 2.21 bits per heavy atom. The highest BCUT2D eigenvalue weighted by Crippen LogP contribution is 2.26. The lowest BCUT2D eigenvalue weighted by Crippen LogP contribution is -2.00. The predicted molar refractivity (Wildman–Crippen MR) is 80.1 cm³/mol. The number of benzene rings is 1. The predicted octanol–water partition coefficient (Wildman–Crippen LogP) is 4.99. The molecule has 1 rings (SSSR count). The minimum atomic E-state index is 0.435. The summed E-state index contributed by atoms with van der Waals surface area (Å²) in [6.07, 6.45) is 0.605. The molecule has 0 radical (unpaired) electrons. The SMILES string of the molecule is CC(C)c1cccc(C(C)C)c1C#CCCN=[N+]=[N-]. The molecule has 19 heavy (non-hydrogen) atoms. The molecule has 0 bridgehead atoms. The van der Waals surface area contributed by atoms with E-state index in [1.54, 1.807) is 0 Å². The van der Waals surface area contributed by atoms with Crippen LogP contribution in [0.4, 0.5) is 0 Å². The van der Waals surface area contributed by atoms with Crippen LogP contribution < -0.4 is 0 Å². The zero-order valence-electron chi connectivity index (χ0n) is 12.1. The van der Waals surface area contributed by atoms with E-state index in [-0.39, 0.29) is 0 Å². The normalized spacial score (nSPS) is 10.0. The Morgan fingerprint density at radius 1 is 1.16 bits per heavy atom. The number of azide groups is 1. The summed E-state index contributed by atoms with van der Waals surface area (Å²) in [6, 6.07) is 6.40. The fourth-order valence-electron chi connectivity index (χ4n) is 2.00. The molecule has 0 aliphatic carbocycles. The third kappa shape index (κ3) is 4.35. The van der Waals surface area contributed by atoms with Crippen molar-refractivity contribution >= 4 is 0 Å². The Balaban J connectivity index is 3.10. The van der Waals surface area contributed by atoms with Crippen molar-refractivity contribution in [2.45, 2.75) is 46.0 Å². The largest absolute Gasteiger partial charge is 0.0977 e. The van der Waals surface area contributed by atoms with Gasteiger partial charge in [-0.2, -0.15) is 0 Å². The van der Waals surface area contributed by atoms with E-state index >= 15 is 0 Å². The van der Waals surface area contributed by atoms with Gasteiger partial charge in [0.15, 0.2) is 0 Å². The van der Waals surface area contributed by atoms with Crippen molar-refractivity contribution in [3.05, 3.63) is 45.3 Å². The molecule has 0 unspecified atom stereocenters. The Bertz CT molecular complexity index is 500. The third-order valence-corrected chi connectivity index (χ3v) is 2.99. The third-order valence-electron chi connectivity index (χ3n) is 2.99. The van der Waals surface area contributed by atoms with Gasteiger partial charge in [0.05, 0.1) is 0 Å². The maximum Gasteiger partial charge on any atom is 0.0367 e. The molecule has 0 saturated carbocycles. The second kappa shape index (κ2) is 7.51. The van der Waals surface area contributed by atoms with Crippen LogP contribution in [-0.4, -0.2) is 6.54 Å². The second-order valence-corrected chi connectivity index (χ2v) is 5.13. The van der Waals surface area contributed by atoms with Crippen LogP contribution in [0, 0.1) is 11.8 Å². The molecule has 0 fully saturated rings. The molecule has 0 aromatic heterocycles. The summed E-state index contributed by atoms with van der Waals surface area (Å²) in [6.45, 7) is 9.18. The van der Waals surface area contributed by atoms with Crippen LogP contribution in [0.2, 0.25) is 0 Å². The first kappa shape index (κ1) is 15.1. The molecule has 3 nitrogen and oxygen atoms in total. The van der Waals surface area contributed by atoms with E-state index < -0.39 is 0 Å². The quantitative estimate of drug-likeness (QED) is 0.239. The van der Waals surface area contributed by atoms with Crippen LogP contribution >= 0.6 is 0 Å². The summed E-state index contributed by atoms with van der Waals surface area (Å²) < 4.78 is 0. The summed E-state index contributed by atoms with van der Waals surface area (Å²) in [4.78, 5) is 2.73. The van der Waals surface area contributed by atoms with Crippen LogP contribution in [0.5, 0.6) is 0 Å². The molecule has 0 aliphatic heterocycles. The van der Waals surface area contributed by atoms with E-state index in [0.717, 1.165) is 5.56 Å². The molecule has 0 atom stereocenters. The van der Waals surface area contributed by atoms with Crippen molar-refractivity contribution < 1.29 is 0 Å². The van der Waals surface area contributed by atoms with Gasteiger partial charge in [-0.25, -0.2) is 0 Å². The monoisotopic (exact) mass is 255 g/mol. The second-order valence-electron chi connectivity index (χ2n) is 5.13. The van der Waals surface area contributed by atoms with Gasteiger partial charge in [-0.15, -0.1) is 0 Å². The van der Waals surface area contributed by atoms with Gasteiger partial charge >= 0.3 is 0 Å². The highest BCUT2D eigenvalue weighted by molar-refractivity contribution is 5.49. The Morgan fingerprint density at radius 2 is 1.74 bits per heavy atom. The standard InChI is InChI=1S/C16H21N3/c1-12(2)14-9-7-10-15(13(3)4)16(14)8-5-6-11-18-19-17/h7,9-10,12-13H,6,11H2,1-4H3. The molecular formula is C16H21N3. The van der Waals surface area contributed by atoms with Crippen LogP contribution in [0.25, 0.3) is 10.4 Å². The van der Waals surface area contributed by atoms with Crippen molar-refractivity contribution in [3.63, 3.8) is 0 Å². The lowest BCUT2D eigenvalue weighted by Gasteiger charge is -2.15. The minimum absolute atomic E-state index is 0.435. The van der Waals surface area contributed by atoms with Crippen molar-refractivity contribution in [3.8, 4) is 11.8 Å². The highest BCUT2D eigenvalue weighted by atomic mass is 15.1. The molecule has 1 aromatic rings. The van der Waals surface area contributed by atoms with Gasteiger partial charge in [-0.05, 0) is 28.5 Å². The number of hydrogen-bond acceptors (Lipinski definition) is 1. The van der Waals surface area contributed by atoms with E-state index in [0.29, 0.717) is 24.8 Å². The van der Waals surface area contributed by atoms with Gasteiger partial charge in [0.2, 0.25) is 0 Å². The first-order chi connectivity index (χ1) is 9.07. The molecule has 0 aliphatic rings. The fraction of sp³-hybridized carbons (Fsp3) is 0.500. The van der Waals surface area contributed by atoms with Crippen molar-refractivity contribution in [1.29, 1.82) is 0 Å². The maximum atomic E-state index is 8.23. The summed E-state index contributed by atoms with van der Waals surface area (Å²) in [5.74, 6) is 7.30. The summed E-state index contributed by atoms with van der Waals surface area (Å²) in [7, 11) is 0. The molecular weight excluding hydrogens is 234 g/mol. The zero-order chi connectivity index (χ0) is 14.3. The lowest BCUT2D eigenvalue weighted by molar-refractivity contribution is 0.828. The van der Waals surface area contributed by atoms with Gasteiger partial charge in [0.1, 0.15) is 0 Å². The smallest absolute Gasteiger partial charge is 0.0367 e. The molecule has 0 spiro atoms. The first-order valence-corrected chi connectivity index (χ1v) is 6.70. The number of hydrogen-bond donors (Lipinski definition) is 0. The van der Waals surface area contributed by atoms with E-state index in [4.69, 9.17) is 5.53 Å². The van der Waals surface area contributed by atoms with E-state index in [1.165, 1.54) is 11.1 Å².